The van der Waals surface area contributed by atoms with E-state index in [0.29, 0.717) is 19.7 Å². The SMILES string of the molecule is NC(=O)C1CC(=O)N(CCOc2ccccc2)C1. The Morgan fingerprint density at radius 3 is 2.72 bits per heavy atom. The van der Waals surface area contributed by atoms with Gasteiger partial charge in [0.2, 0.25) is 11.8 Å². The summed E-state index contributed by atoms with van der Waals surface area (Å²) in [6.45, 7) is 1.31. The number of hydrogen-bond donors (Lipinski definition) is 1. The minimum Gasteiger partial charge on any atom is -0.492 e. The van der Waals surface area contributed by atoms with E-state index in [-0.39, 0.29) is 18.2 Å². The average molecular weight is 248 g/mol. The molecule has 0 aromatic heterocycles. The first kappa shape index (κ1) is 12.4. The summed E-state index contributed by atoms with van der Waals surface area (Å²) in [7, 11) is 0. The van der Waals surface area contributed by atoms with E-state index in [9.17, 15) is 9.59 Å². The first-order valence-corrected chi connectivity index (χ1v) is 5.92. The van der Waals surface area contributed by atoms with Crippen LogP contribution in [0.15, 0.2) is 30.3 Å². The fourth-order valence-electron chi connectivity index (χ4n) is 1.97. The molecule has 2 rings (SSSR count). The predicted octanol–water partition coefficient (Wildman–Crippen LogP) is 0.399. The first-order valence-electron chi connectivity index (χ1n) is 5.92. The van der Waals surface area contributed by atoms with Gasteiger partial charge >= 0.3 is 0 Å². The number of ether oxygens (including phenoxy) is 1. The lowest BCUT2D eigenvalue weighted by Gasteiger charge is -2.16. The van der Waals surface area contributed by atoms with Gasteiger partial charge in [-0.25, -0.2) is 0 Å². The second-order valence-electron chi connectivity index (χ2n) is 4.30. The summed E-state index contributed by atoms with van der Waals surface area (Å²) in [4.78, 5) is 24.2. The van der Waals surface area contributed by atoms with Crippen LogP contribution in [0.25, 0.3) is 0 Å². The molecule has 18 heavy (non-hydrogen) atoms. The van der Waals surface area contributed by atoms with Crippen molar-refractivity contribution in [2.24, 2.45) is 11.7 Å². The molecule has 1 saturated heterocycles. The van der Waals surface area contributed by atoms with E-state index < -0.39 is 5.91 Å². The Morgan fingerprint density at radius 1 is 1.39 bits per heavy atom. The maximum atomic E-state index is 11.6. The molecule has 0 radical (unpaired) electrons. The molecule has 5 heteroatoms. The van der Waals surface area contributed by atoms with Gasteiger partial charge in [0.15, 0.2) is 0 Å². The highest BCUT2D eigenvalue weighted by Gasteiger charge is 2.32. The molecule has 0 aliphatic carbocycles. The van der Waals surface area contributed by atoms with Gasteiger partial charge in [0, 0.05) is 13.0 Å². The number of rotatable bonds is 5. The van der Waals surface area contributed by atoms with E-state index in [0.717, 1.165) is 5.75 Å². The second kappa shape index (κ2) is 5.53. The van der Waals surface area contributed by atoms with Gasteiger partial charge in [0.1, 0.15) is 12.4 Å². The summed E-state index contributed by atoms with van der Waals surface area (Å²) in [5.41, 5.74) is 5.19. The number of benzene rings is 1. The number of carbonyl (C=O) groups excluding carboxylic acids is 2. The van der Waals surface area contributed by atoms with E-state index in [2.05, 4.69) is 0 Å². The summed E-state index contributed by atoms with van der Waals surface area (Å²) >= 11 is 0. The van der Waals surface area contributed by atoms with Gasteiger partial charge in [0.25, 0.3) is 0 Å². The maximum Gasteiger partial charge on any atom is 0.223 e. The molecule has 1 fully saturated rings. The fraction of sp³-hybridized carbons (Fsp3) is 0.385. The number of primary amides is 1. The molecule has 0 spiro atoms. The normalized spacial score (nSPS) is 19.0. The van der Waals surface area contributed by atoms with Crippen LogP contribution in [0.1, 0.15) is 6.42 Å². The molecule has 96 valence electrons. The third-order valence-electron chi connectivity index (χ3n) is 2.99. The Hall–Kier alpha value is -2.04. The van der Waals surface area contributed by atoms with Crippen molar-refractivity contribution in [3.05, 3.63) is 30.3 Å². The van der Waals surface area contributed by atoms with Gasteiger partial charge in [-0.1, -0.05) is 18.2 Å². The molecule has 1 aromatic rings. The van der Waals surface area contributed by atoms with Crippen molar-refractivity contribution in [1.82, 2.24) is 4.90 Å². The zero-order chi connectivity index (χ0) is 13.0. The molecule has 2 amide bonds. The largest absolute Gasteiger partial charge is 0.492 e. The van der Waals surface area contributed by atoms with E-state index in [1.807, 2.05) is 30.3 Å². The molecule has 1 aromatic carbocycles. The van der Waals surface area contributed by atoms with Gasteiger partial charge in [0.05, 0.1) is 12.5 Å². The van der Waals surface area contributed by atoms with Crippen LogP contribution >= 0.6 is 0 Å². The molecule has 2 N–H and O–H groups in total. The van der Waals surface area contributed by atoms with Gasteiger partial charge in [-0.15, -0.1) is 0 Å². The van der Waals surface area contributed by atoms with Crippen LogP contribution in [0, 0.1) is 5.92 Å². The number of likely N-dealkylation sites (tertiary alicyclic amines) is 1. The molecule has 0 bridgehead atoms. The number of carbonyl (C=O) groups is 2. The fourth-order valence-corrected chi connectivity index (χ4v) is 1.97. The topological polar surface area (TPSA) is 72.6 Å². The molecule has 0 saturated carbocycles. The van der Waals surface area contributed by atoms with Gasteiger partial charge < -0.3 is 15.4 Å². The summed E-state index contributed by atoms with van der Waals surface area (Å²) in [6, 6.07) is 9.41. The van der Waals surface area contributed by atoms with E-state index in [4.69, 9.17) is 10.5 Å². The lowest BCUT2D eigenvalue weighted by Crippen LogP contribution is -2.31. The molecular formula is C13H16N2O3. The van der Waals surface area contributed by atoms with Crippen molar-refractivity contribution in [3.8, 4) is 5.75 Å². The predicted molar refractivity (Wildman–Crippen MR) is 65.8 cm³/mol. The number of para-hydroxylation sites is 1. The zero-order valence-corrected chi connectivity index (χ0v) is 10.0. The molecule has 1 aliphatic rings. The van der Waals surface area contributed by atoms with E-state index in [1.165, 1.54) is 0 Å². The Labute approximate surface area is 106 Å². The highest BCUT2D eigenvalue weighted by molar-refractivity contribution is 5.88. The average Bonchev–Trinajstić information content (AvgIpc) is 2.73. The van der Waals surface area contributed by atoms with Crippen molar-refractivity contribution >= 4 is 11.8 Å². The van der Waals surface area contributed by atoms with Crippen LogP contribution in [-0.4, -0.2) is 36.4 Å². The highest BCUT2D eigenvalue weighted by Crippen LogP contribution is 2.17. The van der Waals surface area contributed by atoms with Crippen LogP contribution in [0.2, 0.25) is 0 Å². The summed E-state index contributed by atoms with van der Waals surface area (Å²) in [5.74, 6) is -0.0184. The minimum absolute atomic E-state index is 0.0320. The monoisotopic (exact) mass is 248 g/mol. The third kappa shape index (κ3) is 3.00. The van der Waals surface area contributed by atoms with Crippen LogP contribution in [0.3, 0.4) is 0 Å². The Kier molecular flexibility index (Phi) is 3.82. The highest BCUT2D eigenvalue weighted by atomic mass is 16.5. The van der Waals surface area contributed by atoms with Crippen molar-refractivity contribution in [3.63, 3.8) is 0 Å². The second-order valence-corrected chi connectivity index (χ2v) is 4.30. The van der Waals surface area contributed by atoms with Crippen LogP contribution < -0.4 is 10.5 Å². The first-order chi connectivity index (χ1) is 8.66. The van der Waals surface area contributed by atoms with Crippen LogP contribution in [0.5, 0.6) is 5.75 Å². The Balaban J connectivity index is 1.78. The van der Waals surface area contributed by atoms with E-state index >= 15 is 0 Å². The number of amides is 2. The lowest BCUT2D eigenvalue weighted by molar-refractivity contribution is -0.128. The molecular weight excluding hydrogens is 232 g/mol. The molecule has 1 heterocycles. The quantitative estimate of drug-likeness (QED) is 0.819. The Morgan fingerprint density at radius 2 is 2.11 bits per heavy atom. The summed E-state index contributed by atoms with van der Waals surface area (Å²) in [5, 5.41) is 0. The number of hydrogen-bond acceptors (Lipinski definition) is 3. The molecule has 1 atom stereocenters. The van der Waals surface area contributed by atoms with Gasteiger partial charge in [-0.2, -0.15) is 0 Å². The van der Waals surface area contributed by atoms with Crippen molar-refractivity contribution in [1.29, 1.82) is 0 Å². The van der Waals surface area contributed by atoms with Crippen molar-refractivity contribution in [2.45, 2.75) is 6.42 Å². The lowest BCUT2D eigenvalue weighted by atomic mass is 10.1. The van der Waals surface area contributed by atoms with Crippen LogP contribution in [0.4, 0.5) is 0 Å². The zero-order valence-electron chi connectivity index (χ0n) is 10.0. The Bertz CT molecular complexity index is 433. The van der Waals surface area contributed by atoms with Gasteiger partial charge in [-0.3, -0.25) is 9.59 Å². The molecule has 1 unspecified atom stereocenters. The smallest absolute Gasteiger partial charge is 0.223 e. The number of nitrogens with two attached hydrogens (primary N) is 1. The van der Waals surface area contributed by atoms with Gasteiger partial charge in [-0.05, 0) is 12.1 Å². The van der Waals surface area contributed by atoms with Crippen molar-refractivity contribution < 1.29 is 14.3 Å². The third-order valence-corrected chi connectivity index (χ3v) is 2.99. The molecule has 1 aliphatic heterocycles. The summed E-state index contributed by atoms with van der Waals surface area (Å²) < 4.78 is 5.50. The van der Waals surface area contributed by atoms with E-state index in [1.54, 1.807) is 4.90 Å². The number of nitrogens with zero attached hydrogens (tertiary/aromatic N) is 1. The van der Waals surface area contributed by atoms with Crippen molar-refractivity contribution in [2.75, 3.05) is 19.7 Å². The maximum absolute atomic E-state index is 11.6. The standard InChI is InChI=1S/C13H16N2O3/c14-13(17)10-8-12(16)15(9-10)6-7-18-11-4-2-1-3-5-11/h1-5,10H,6-9H2,(H2,14,17). The summed E-state index contributed by atoms with van der Waals surface area (Å²) in [6.07, 6.45) is 0.223. The molecule has 5 nitrogen and oxygen atoms in total. The van der Waals surface area contributed by atoms with Crippen LogP contribution in [-0.2, 0) is 9.59 Å². The minimum atomic E-state index is -0.408.